The minimum absolute atomic E-state index is 0. The molecule has 0 saturated carbocycles. The molecule has 2 N–H and O–H groups in total. The Hall–Kier alpha value is -2.62. The molecule has 10 heteroatoms. The molecule has 0 spiro atoms. The van der Waals surface area contributed by atoms with Gasteiger partial charge in [0.2, 0.25) is 5.82 Å². The van der Waals surface area contributed by atoms with Gasteiger partial charge in [0, 0.05) is 31.9 Å². The van der Waals surface area contributed by atoms with Gasteiger partial charge >= 0.3 is 6.18 Å². The number of hydrogen-bond donors (Lipinski definition) is 2. The van der Waals surface area contributed by atoms with Crippen LogP contribution in [0.1, 0.15) is 42.7 Å². The number of rotatable bonds is 5. The van der Waals surface area contributed by atoms with E-state index in [2.05, 4.69) is 20.6 Å². The van der Waals surface area contributed by atoms with Crippen LogP contribution in [0.3, 0.4) is 0 Å². The van der Waals surface area contributed by atoms with Crippen LogP contribution in [0.5, 0.6) is 0 Å². The van der Waals surface area contributed by atoms with E-state index in [1.165, 1.54) is 6.26 Å². The minimum atomic E-state index is -4.70. The van der Waals surface area contributed by atoms with Crippen molar-refractivity contribution in [1.82, 2.24) is 20.2 Å². The van der Waals surface area contributed by atoms with Crippen molar-refractivity contribution in [3.8, 4) is 0 Å². The van der Waals surface area contributed by atoms with Crippen molar-refractivity contribution in [2.75, 3.05) is 25.0 Å². The van der Waals surface area contributed by atoms with Crippen LogP contribution < -0.4 is 10.6 Å². The van der Waals surface area contributed by atoms with Crippen LogP contribution in [0.2, 0.25) is 0 Å². The van der Waals surface area contributed by atoms with Crippen molar-refractivity contribution in [2.24, 2.45) is 0 Å². The molecule has 2 aromatic heterocycles. The molecule has 3 heterocycles. The summed E-state index contributed by atoms with van der Waals surface area (Å²) in [6, 6.07) is 3.30. The molecule has 3 rings (SSSR count). The first-order chi connectivity index (χ1) is 12.9. The molecule has 2 aromatic rings. The number of carbonyl (C=O) groups excluding carboxylic acids is 1. The molecule has 1 aliphatic heterocycles. The SMILES string of the molecule is C.CCC1CNCCN1C(=O)c1cnc(C(F)(F)F)nc1NCc1ccco1. The highest BCUT2D eigenvalue weighted by atomic mass is 19.4. The van der Waals surface area contributed by atoms with Crippen LogP contribution in [0, 0.1) is 0 Å². The third-order valence-corrected chi connectivity index (χ3v) is 4.37. The normalized spacial score (nSPS) is 17.1. The number of halogens is 3. The van der Waals surface area contributed by atoms with Gasteiger partial charge in [-0.15, -0.1) is 0 Å². The van der Waals surface area contributed by atoms with Crippen molar-refractivity contribution in [2.45, 2.75) is 39.5 Å². The average molecular weight is 399 g/mol. The molecule has 1 unspecified atom stereocenters. The summed E-state index contributed by atoms with van der Waals surface area (Å²) in [5.74, 6) is -1.34. The van der Waals surface area contributed by atoms with Crippen molar-refractivity contribution in [3.63, 3.8) is 0 Å². The van der Waals surface area contributed by atoms with E-state index in [1.54, 1.807) is 17.0 Å². The molecule has 28 heavy (non-hydrogen) atoms. The van der Waals surface area contributed by atoms with E-state index in [9.17, 15) is 18.0 Å². The number of nitrogens with zero attached hydrogens (tertiary/aromatic N) is 3. The Morgan fingerprint density at radius 2 is 2.25 bits per heavy atom. The van der Waals surface area contributed by atoms with Gasteiger partial charge in [-0.05, 0) is 18.6 Å². The summed E-state index contributed by atoms with van der Waals surface area (Å²) < 4.78 is 44.2. The van der Waals surface area contributed by atoms with E-state index in [0.29, 0.717) is 25.4 Å². The molecule has 154 valence electrons. The molecule has 7 nitrogen and oxygen atoms in total. The summed E-state index contributed by atoms with van der Waals surface area (Å²) in [6.07, 6.45) is -1.58. The highest BCUT2D eigenvalue weighted by Crippen LogP contribution is 2.28. The third-order valence-electron chi connectivity index (χ3n) is 4.37. The van der Waals surface area contributed by atoms with Gasteiger partial charge in [-0.2, -0.15) is 13.2 Å². The number of piperazine rings is 1. The zero-order valence-corrected chi connectivity index (χ0v) is 14.7. The van der Waals surface area contributed by atoms with Gasteiger partial charge in [0.25, 0.3) is 5.91 Å². The summed E-state index contributed by atoms with van der Waals surface area (Å²) >= 11 is 0. The topological polar surface area (TPSA) is 83.3 Å². The van der Waals surface area contributed by atoms with Crippen LogP contribution >= 0.6 is 0 Å². The van der Waals surface area contributed by atoms with Crippen LogP contribution in [0.4, 0.5) is 19.0 Å². The number of carbonyl (C=O) groups is 1. The number of aromatic nitrogens is 2. The lowest BCUT2D eigenvalue weighted by Gasteiger charge is -2.36. The van der Waals surface area contributed by atoms with Crippen LogP contribution in [-0.2, 0) is 12.7 Å². The molecule has 1 atom stereocenters. The molecule has 0 aliphatic carbocycles. The third kappa shape index (κ3) is 4.80. The first kappa shape index (κ1) is 21.7. The highest BCUT2D eigenvalue weighted by molar-refractivity contribution is 5.98. The Balaban J connectivity index is 0.00000280. The van der Waals surface area contributed by atoms with Crippen molar-refractivity contribution >= 4 is 11.7 Å². The van der Waals surface area contributed by atoms with Gasteiger partial charge in [0.1, 0.15) is 17.1 Å². The second-order valence-electron chi connectivity index (χ2n) is 6.15. The minimum Gasteiger partial charge on any atom is -0.467 e. The fourth-order valence-electron chi connectivity index (χ4n) is 2.94. The van der Waals surface area contributed by atoms with Gasteiger partial charge in [-0.3, -0.25) is 4.79 Å². The number of anilines is 1. The lowest BCUT2D eigenvalue weighted by molar-refractivity contribution is -0.144. The van der Waals surface area contributed by atoms with Gasteiger partial charge < -0.3 is 20.0 Å². The zero-order chi connectivity index (χ0) is 19.4. The zero-order valence-electron chi connectivity index (χ0n) is 14.7. The number of furan rings is 1. The standard InChI is InChI=1S/C17H20F3N5O2.CH4/c1-2-11-8-21-5-6-25(11)15(26)13-10-23-16(17(18,19)20)24-14(13)22-9-12-4-3-7-27-12;/h3-4,7,10-11,21H,2,5-6,8-9H2,1H3,(H,22,23,24);1H4. The van der Waals surface area contributed by atoms with E-state index >= 15 is 0 Å². The second kappa shape index (κ2) is 9.05. The summed E-state index contributed by atoms with van der Waals surface area (Å²) in [5.41, 5.74) is 0.00917. The van der Waals surface area contributed by atoms with Crippen LogP contribution in [-0.4, -0.2) is 46.5 Å². The second-order valence-corrected chi connectivity index (χ2v) is 6.15. The number of amides is 1. The molecule has 0 bridgehead atoms. The fraction of sp³-hybridized carbons (Fsp3) is 0.500. The van der Waals surface area contributed by atoms with Crippen molar-refractivity contribution < 1.29 is 22.4 Å². The number of nitrogens with one attached hydrogen (secondary N) is 2. The van der Waals surface area contributed by atoms with E-state index in [4.69, 9.17) is 4.42 Å². The Kier molecular flexibility index (Phi) is 7.00. The molecule has 0 aromatic carbocycles. The summed E-state index contributed by atoms with van der Waals surface area (Å²) in [7, 11) is 0. The molecule has 1 saturated heterocycles. The van der Waals surface area contributed by atoms with Crippen molar-refractivity contribution in [1.29, 1.82) is 0 Å². The van der Waals surface area contributed by atoms with Gasteiger partial charge in [-0.25, -0.2) is 9.97 Å². The fourth-order valence-corrected chi connectivity index (χ4v) is 2.94. The maximum absolute atomic E-state index is 13.0. The van der Waals surface area contributed by atoms with Gasteiger partial charge in [0.15, 0.2) is 0 Å². The first-order valence-corrected chi connectivity index (χ1v) is 8.62. The van der Waals surface area contributed by atoms with E-state index in [1.807, 2.05) is 6.92 Å². The monoisotopic (exact) mass is 399 g/mol. The Morgan fingerprint density at radius 3 is 2.89 bits per heavy atom. The smallest absolute Gasteiger partial charge is 0.451 e. The molecular weight excluding hydrogens is 375 g/mol. The van der Waals surface area contributed by atoms with Crippen molar-refractivity contribution in [3.05, 3.63) is 41.7 Å². The van der Waals surface area contributed by atoms with Crippen LogP contribution in [0.15, 0.2) is 29.0 Å². The van der Waals surface area contributed by atoms with Gasteiger partial charge in [-0.1, -0.05) is 14.4 Å². The summed E-state index contributed by atoms with van der Waals surface area (Å²) in [5, 5.41) is 5.98. The Bertz CT molecular complexity index is 780. The molecular formula is C18H24F3N5O2. The molecule has 1 aliphatic rings. The van der Waals surface area contributed by atoms with E-state index in [0.717, 1.165) is 12.6 Å². The average Bonchev–Trinajstić information content (AvgIpc) is 3.18. The van der Waals surface area contributed by atoms with Crippen LogP contribution in [0.25, 0.3) is 0 Å². The highest BCUT2D eigenvalue weighted by Gasteiger charge is 2.36. The lowest BCUT2D eigenvalue weighted by atomic mass is 10.1. The predicted molar refractivity (Wildman–Crippen MR) is 97.8 cm³/mol. The number of hydrogen-bond acceptors (Lipinski definition) is 6. The summed E-state index contributed by atoms with van der Waals surface area (Å²) in [4.78, 5) is 21.6. The maximum Gasteiger partial charge on any atom is 0.451 e. The predicted octanol–water partition coefficient (Wildman–Crippen LogP) is 3.16. The first-order valence-electron chi connectivity index (χ1n) is 8.62. The summed E-state index contributed by atoms with van der Waals surface area (Å²) in [6.45, 7) is 3.78. The van der Waals surface area contributed by atoms with E-state index < -0.39 is 12.0 Å². The Morgan fingerprint density at radius 1 is 1.46 bits per heavy atom. The number of alkyl halides is 3. The molecule has 1 amide bonds. The Labute approximate surface area is 161 Å². The largest absolute Gasteiger partial charge is 0.467 e. The molecule has 1 fully saturated rings. The maximum atomic E-state index is 13.0. The quantitative estimate of drug-likeness (QED) is 0.804. The van der Waals surface area contributed by atoms with Gasteiger partial charge in [0.05, 0.1) is 12.8 Å². The molecule has 0 radical (unpaired) electrons. The van der Waals surface area contributed by atoms with E-state index in [-0.39, 0.29) is 37.3 Å². The lowest BCUT2D eigenvalue weighted by Crippen LogP contribution is -2.53.